The van der Waals surface area contributed by atoms with Gasteiger partial charge in [-0.25, -0.2) is 4.79 Å². The number of hydrogen-bond donors (Lipinski definition) is 1. The third-order valence-corrected chi connectivity index (χ3v) is 3.72. The maximum atomic E-state index is 12.1. The van der Waals surface area contributed by atoms with E-state index < -0.39 is 18.0 Å². The zero-order valence-corrected chi connectivity index (χ0v) is 14.2. The monoisotopic (exact) mass is 371 g/mol. The summed E-state index contributed by atoms with van der Waals surface area (Å²) >= 11 is 17.5. The van der Waals surface area contributed by atoms with Gasteiger partial charge in [-0.2, -0.15) is 0 Å². The van der Waals surface area contributed by atoms with Crippen molar-refractivity contribution in [2.75, 3.05) is 5.32 Å². The number of carbonyl (C=O) groups excluding carboxylic acids is 2. The molecular formula is C16H12Cl3NO3. The lowest BCUT2D eigenvalue weighted by Crippen LogP contribution is -2.30. The van der Waals surface area contributed by atoms with Crippen molar-refractivity contribution >= 4 is 52.4 Å². The highest BCUT2D eigenvalue weighted by atomic mass is 35.5. The highest BCUT2D eigenvalue weighted by Gasteiger charge is 2.19. The SMILES string of the molecule is C[C@@H](OC(=O)c1ccc(Cl)cc1)C(=O)Nc1ccc(Cl)cc1Cl. The van der Waals surface area contributed by atoms with E-state index >= 15 is 0 Å². The Morgan fingerprint density at radius 1 is 1.00 bits per heavy atom. The van der Waals surface area contributed by atoms with Crippen molar-refractivity contribution < 1.29 is 14.3 Å². The lowest BCUT2D eigenvalue weighted by atomic mass is 10.2. The van der Waals surface area contributed by atoms with E-state index in [0.29, 0.717) is 26.3 Å². The molecule has 0 saturated heterocycles. The third-order valence-electron chi connectivity index (χ3n) is 2.92. The van der Waals surface area contributed by atoms with E-state index in [4.69, 9.17) is 39.5 Å². The summed E-state index contributed by atoms with van der Waals surface area (Å²) in [5, 5.41) is 3.83. The number of benzene rings is 2. The molecule has 1 amide bonds. The molecule has 0 fully saturated rings. The van der Waals surface area contributed by atoms with Crippen LogP contribution in [0.2, 0.25) is 15.1 Å². The van der Waals surface area contributed by atoms with Crippen LogP contribution in [0.4, 0.5) is 5.69 Å². The van der Waals surface area contributed by atoms with Crippen LogP contribution in [0.5, 0.6) is 0 Å². The van der Waals surface area contributed by atoms with Crippen molar-refractivity contribution in [1.29, 1.82) is 0 Å². The lowest BCUT2D eigenvalue weighted by molar-refractivity contribution is -0.123. The summed E-state index contributed by atoms with van der Waals surface area (Å²) < 4.78 is 5.11. The zero-order chi connectivity index (χ0) is 17.0. The van der Waals surface area contributed by atoms with Crippen LogP contribution in [0, 0.1) is 0 Å². The van der Waals surface area contributed by atoms with Gasteiger partial charge < -0.3 is 10.1 Å². The molecule has 4 nitrogen and oxygen atoms in total. The second kappa shape index (κ2) is 7.68. The highest BCUT2D eigenvalue weighted by Crippen LogP contribution is 2.25. The molecule has 0 unspecified atom stereocenters. The van der Waals surface area contributed by atoms with Gasteiger partial charge >= 0.3 is 5.97 Å². The number of hydrogen-bond acceptors (Lipinski definition) is 3. The largest absolute Gasteiger partial charge is 0.449 e. The maximum absolute atomic E-state index is 12.1. The van der Waals surface area contributed by atoms with Gasteiger partial charge in [0.15, 0.2) is 6.10 Å². The molecule has 0 bridgehead atoms. The van der Waals surface area contributed by atoms with Crippen LogP contribution in [-0.2, 0) is 9.53 Å². The predicted octanol–water partition coefficient (Wildman–Crippen LogP) is 4.83. The number of rotatable bonds is 4. The van der Waals surface area contributed by atoms with E-state index in [2.05, 4.69) is 5.32 Å². The second-order valence-electron chi connectivity index (χ2n) is 4.67. The molecule has 1 N–H and O–H groups in total. The van der Waals surface area contributed by atoms with Crippen LogP contribution < -0.4 is 5.32 Å². The van der Waals surface area contributed by atoms with Crippen molar-refractivity contribution in [1.82, 2.24) is 0 Å². The molecule has 2 rings (SSSR count). The second-order valence-corrected chi connectivity index (χ2v) is 5.95. The summed E-state index contributed by atoms with van der Waals surface area (Å²) in [7, 11) is 0. The summed E-state index contributed by atoms with van der Waals surface area (Å²) in [6.07, 6.45) is -0.995. The Balaban J connectivity index is 1.99. The Labute approximate surface area is 148 Å². The maximum Gasteiger partial charge on any atom is 0.338 e. The number of amides is 1. The van der Waals surface area contributed by atoms with Gasteiger partial charge in [0.1, 0.15) is 0 Å². The summed E-state index contributed by atoms with van der Waals surface area (Å²) in [4.78, 5) is 24.0. The van der Waals surface area contributed by atoms with E-state index in [-0.39, 0.29) is 0 Å². The van der Waals surface area contributed by atoms with Gasteiger partial charge in [0.2, 0.25) is 0 Å². The van der Waals surface area contributed by atoms with Crippen LogP contribution in [0.25, 0.3) is 0 Å². The molecule has 2 aromatic rings. The Morgan fingerprint density at radius 3 is 2.22 bits per heavy atom. The molecule has 23 heavy (non-hydrogen) atoms. The predicted molar refractivity (Wildman–Crippen MR) is 91.4 cm³/mol. The van der Waals surface area contributed by atoms with Crippen molar-refractivity contribution in [3.05, 3.63) is 63.1 Å². The fraction of sp³-hybridized carbons (Fsp3) is 0.125. The molecule has 0 aromatic heterocycles. The molecule has 0 aliphatic heterocycles. The topological polar surface area (TPSA) is 55.4 Å². The lowest BCUT2D eigenvalue weighted by Gasteiger charge is -2.14. The molecule has 0 aliphatic rings. The average Bonchev–Trinajstić information content (AvgIpc) is 2.50. The smallest absolute Gasteiger partial charge is 0.338 e. The van der Waals surface area contributed by atoms with E-state index in [9.17, 15) is 9.59 Å². The zero-order valence-electron chi connectivity index (χ0n) is 12.0. The Kier molecular flexibility index (Phi) is 5.88. The van der Waals surface area contributed by atoms with Crippen molar-refractivity contribution in [2.45, 2.75) is 13.0 Å². The Hall–Kier alpha value is -1.75. The number of anilines is 1. The molecule has 0 aliphatic carbocycles. The fourth-order valence-electron chi connectivity index (χ4n) is 1.69. The summed E-state index contributed by atoms with van der Waals surface area (Å²) in [6.45, 7) is 1.47. The normalized spacial score (nSPS) is 11.7. The van der Waals surface area contributed by atoms with Crippen LogP contribution in [0.15, 0.2) is 42.5 Å². The van der Waals surface area contributed by atoms with Crippen molar-refractivity contribution in [3.63, 3.8) is 0 Å². The summed E-state index contributed by atoms with van der Waals surface area (Å²) in [5.74, 6) is -1.12. The van der Waals surface area contributed by atoms with Crippen LogP contribution in [0.1, 0.15) is 17.3 Å². The quantitative estimate of drug-likeness (QED) is 0.782. The molecular weight excluding hydrogens is 361 g/mol. The number of esters is 1. The van der Waals surface area contributed by atoms with E-state index in [0.717, 1.165) is 0 Å². The summed E-state index contributed by atoms with van der Waals surface area (Å²) in [5.41, 5.74) is 0.689. The van der Waals surface area contributed by atoms with E-state index in [1.165, 1.54) is 25.1 Å². The molecule has 0 spiro atoms. The van der Waals surface area contributed by atoms with Gasteiger partial charge in [-0.3, -0.25) is 4.79 Å². The molecule has 0 radical (unpaired) electrons. The number of ether oxygens (including phenoxy) is 1. The van der Waals surface area contributed by atoms with Crippen molar-refractivity contribution in [3.8, 4) is 0 Å². The first kappa shape index (κ1) is 17.6. The van der Waals surface area contributed by atoms with Crippen molar-refractivity contribution in [2.24, 2.45) is 0 Å². The van der Waals surface area contributed by atoms with Gasteiger partial charge in [0.05, 0.1) is 16.3 Å². The van der Waals surface area contributed by atoms with Gasteiger partial charge in [0, 0.05) is 10.0 Å². The summed E-state index contributed by atoms with van der Waals surface area (Å²) in [6, 6.07) is 10.8. The Bertz CT molecular complexity index is 732. The number of carbonyl (C=O) groups is 2. The average molecular weight is 373 g/mol. The van der Waals surface area contributed by atoms with Gasteiger partial charge in [-0.1, -0.05) is 34.8 Å². The Morgan fingerprint density at radius 2 is 1.61 bits per heavy atom. The molecule has 1 atom stereocenters. The standard InChI is InChI=1S/C16H12Cl3NO3/c1-9(23-16(22)10-2-4-11(17)5-3-10)15(21)20-14-7-6-12(18)8-13(14)19/h2-9H,1H3,(H,20,21)/t9-/m1/s1. The minimum atomic E-state index is -0.995. The minimum Gasteiger partial charge on any atom is -0.449 e. The first-order valence-electron chi connectivity index (χ1n) is 6.59. The van der Waals surface area contributed by atoms with Crippen LogP contribution in [-0.4, -0.2) is 18.0 Å². The van der Waals surface area contributed by atoms with E-state index in [1.807, 2.05) is 0 Å². The molecule has 120 valence electrons. The highest BCUT2D eigenvalue weighted by molar-refractivity contribution is 6.36. The van der Waals surface area contributed by atoms with E-state index in [1.54, 1.807) is 24.3 Å². The van der Waals surface area contributed by atoms with Gasteiger partial charge in [0.25, 0.3) is 5.91 Å². The fourth-order valence-corrected chi connectivity index (χ4v) is 2.28. The molecule has 0 saturated carbocycles. The molecule has 0 heterocycles. The number of nitrogens with one attached hydrogen (secondary N) is 1. The molecule has 7 heteroatoms. The molecule has 2 aromatic carbocycles. The van der Waals surface area contributed by atoms with Gasteiger partial charge in [-0.15, -0.1) is 0 Å². The minimum absolute atomic E-state index is 0.294. The van der Waals surface area contributed by atoms with Gasteiger partial charge in [-0.05, 0) is 49.4 Å². The van der Waals surface area contributed by atoms with Crippen LogP contribution >= 0.6 is 34.8 Å². The first-order valence-corrected chi connectivity index (χ1v) is 7.72. The first-order chi connectivity index (χ1) is 10.9. The van der Waals surface area contributed by atoms with Crippen LogP contribution in [0.3, 0.4) is 0 Å². The number of halogens is 3. The third kappa shape index (κ3) is 4.86.